The standard InChI is InChI=1S/C27H28N.C13H24O2.Ir/c1-16-8-17(2)10-20(9-16)25-7-6-23-24(4-3-5-26(23)28-25)27-21-12-18-11-19(14-21)15-22(27)13-18;1-5-10(6-2)12(14)9-13(15)11(7-3)8-4;/h3-9,18-19,21-22,27H,11-15H2,1-2H3;9-11,14H,5-8H2,1-4H3;/q-1;;/b;12-9-;. The average molecular weight is 771 g/mol. The molecule has 0 amide bonds. The number of nitrogens with zero attached hydrogens (tertiary/aromatic N) is 1. The molecule has 1 radical (unpaired) electrons. The predicted molar refractivity (Wildman–Crippen MR) is 179 cm³/mol. The number of aliphatic hydroxyl groups excluding tert-OH is 1. The van der Waals surface area contributed by atoms with E-state index in [0.717, 1.165) is 72.0 Å². The van der Waals surface area contributed by atoms with Gasteiger partial charge in [-0.25, -0.2) is 0 Å². The Bertz CT molecular complexity index is 1400. The molecule has 4 aliphatic rings. The van der Waals surface area contributed by atoms with E-state index in [2.05, 4.69) is 62.4 Å². The first-order valence-electron chi connectivity index (χ1n) is 17.1. The van der Waals surface area contributed by atoms with Crippen molar-refractivity contribution in [2.45, 2.75) is 105 Å². The van der Waals surface area contributed by atoms with Crippen LogP contribution in [-0.4, -0.2) is 15.9 Å². The van der Waals surface area contributed by atoms with Gasteiger partial charge in [0.25, 0.3) is 0 Å². The van der Waals surface area contributed by atoms with Gasteiger partial charge in [-0.15, -0.1) is 34.9 Å². The Hall–Kier alpha value is -2.29. The molecule has 239 valence electrons. The van der Waals surface area contributed by atoms with Crippen LogP contribution in [0.1, 0.15) is 108 Å². The van der Waals surface area contributed by atoms with Crippen molar-refractivity contribution in [2.24, 2.45) is 35.5 Å². The number of ketones is 1. The number of aromatic nitrogens is 1. The number of carbonyl (C=O) groups is 1. The molecule has 1 N–H and O–H groups in total. The monoisotopic (exact) mass is 771 g/mol. The Kier molecular flexibility index (Phi) is 12.0. The summed E-state index contributed by atoms with van der Waals surface area (Å²) < 4.78 is 0. The molecule has 2 aromatic carbocycles. The minimum Gasteiger partial charge on any atom is -0.512 e. The number of rotatable bonds is 9. The van der Waals surface area contributed by atoms with Gasteiger partial charge >= 0.3 is 0 Å². The van der Waals surface area contributed by atoms with E-state index in [1.807, 2.05) is 27.7 Å². The second kappa shape index (κ2) is 15.3. The molecule has 7 rings (SSSR count). The molecule has 1 heterocycles. The average Bonchev–Trinajstić information content (AvgIpc) is 2.97. The molecule has 44 heavy (non-hydrogen) atoms. The van der Waals surface area contributed by atoms with Crippen LogP contribution in [0.2, 0.25) is 0 Å². The molecule has 1 aromatic heterocycles. The Balaban J connectivity index is 0.000000239. The van der Waals surface area contributed by atoms with Crippen LogP contribution in [0.25, 0.3) is 22.2 Å². The van der Waals surface area contributed by atoms with Crippen molar-refractivity contribution in [3.8, 4) is 11.3 Å². The van der Waals surface area contributed by atoms with E-state index in [1.165, 1.54) is 54.7 Å². The number of allylic oxidation sites excluding steroid dienone is 2. The van der Waals surface area contributed by atoms with E-state index >= 15 is 0 Å². The summed E-state index contributed by atoms with van der Waals surface area (Å²) >= 11 is 0. The van der Waals surface area contributed by atoms with Gasteiger partial charge in [0.05, 0.1) is 11.3 Å². The van der Waals surface area contributed by atoms with Gasteiger partial charge in [0.2, 0.25) is 0 Å². The minimum absolute atomic E-state index is 0. The molecule has 0 unspecified atom stereocenters. The van der Waals surface area contributed by atoms with E-state index in [-0.39, 0.29) is 43.5 Å². The minimum atomic E-state index is 0. The van der Waals surface area contributed by atoms with Crippen LogP contribution in [0.3, 0.4) is 0 Å². The summed E-state index contributed by atoms with van der Waals surface area (Å²) in [6.45, 7) is 12.3. The Morgan fingerprint density at radius 2 is 1.50 bits per heavy atom. The van der Waals surface area contributed by atoms with Crippen molar-refractivity contribution in [2.75, 3.05) is 0 Å². The molecule has 0 aliphatic heterocycles. The van der Waals surface area contributed by atoms with Crippen molar-refractivity contribution >= 4 is 16.7 Å². The second-order valence-electron chi connectivity index (χ2n) is 13.8. The third-order valence-electron chi connectivity index (χ3n) is 10.9. The van der Waals surface area contributed by atoms with Crippen LogP contribution >= 0.6 is 0 Å². The maximum Gasteiger partial charge on any atom is 0.162 e. The van der Waals surface area contributed by atoms with Gasteiger partial charge < -0.3 is 5.11 Å². The van der Waals surface area contributed by atoms with Gasteiger partial charge in [0.15, 0.2) is 5.78 Å². The second-order valence-corrected chi connectivity index (χ2v) is 13.8. The third-order valence-corrected chi connectivity index (χ3v) is 10.9. The van der Waals surface area contributed by atoms with Crippen molar-refractivity contribution < 1.29 is 30.0 Å². The van der Waals surface area contributed by atoms with Gasteiger partial charge in [-0.1, -0.05) is 65.8 Å². The van der Waals surface area contributed by atoms with Crippen LogP contribution in [0.15, 0.2) is 54.3 Å². The fourth-order valence-corrected chi connectivity index (χ4v) is 8.87. The molecule has 0 spiro atoms. The summed E-state index contributed by atoms with van der Waals surface area (Å²) in [4.78, 5) is 16.8. The zero-order valence-corrected chi connectivity index (χ0v) is 30.1. The smallest absolute Gasteiger partial charge is 0.162 e. The molecule has 4 aliphatic carbocycles. The molecular formula is C40H52IrNO2-. The first kappa shape index (κ1) is 34.6. The van der Waals surface area contributed by atoms with E-state index in [0.29, 0.717) is 0 Å². The van der Waals surface area contributed by atoms with Gasteiger partial charge in [0, 0.05) is 43.4 Å². The Morgan fingerprint density at radius 1 is 0.886 bits per heavy atom. The molecule has 4 saturated carbocycles. The molecule has 0 atom stereocenters. The first-order valence-corrected chi connectivity index (χ1v) is 17.1. The fourth-order valence-electron chi connectivity index (χ4n) is 8.87. The Morgan fingerprint density at radius 3 is 2.07 bits per heavy atom. The van der Waals surface area contributed by atoms with E-state index in [4.69, 9.17) is 4.98 Å². The van der Waals surface area contributed by atoms with Crippen LogP contribution in [-0.2, 0) is 24.9 Å². The Labute approximate surface area is 279 Å². The summed E-state index contributed by atoms with van der Waals surface area (Å²) in [7, 11) is 0. The molecule has 4 heteroatoms. The quantitative estimate of drug-likeness (QED) is 0.134. The van der Waals surface area contributed by atoms with E-state index in [9.17, 15) is 9.90 Å². The molecule has 3 aromatic rings. The predicted octanol–water partition coefficient (Wildman–Crippen LogP) is 10.7. The summed E-state index contributed by atoms with van der Waals surface area (Å²) in [6.07, 6.45) is 12.3. The summed E-state index contributed by atoms with van der Waals surface area (Å²) in [5.74, 6) is 5.18. The molecule has 4 fully saturated rings. The van der Waals surface area contributed by atoms with Gasteiger partial charge in [-0.05, 0) is 105 Å². The van der Waals surface area contributed by atoms with Crippen molar-refractivity contribution in [1.29, 1.82) is 0 Å². The van der Waals surface area contributed by atoms with Crippen LogP contribution in [0, 0.1) is 55.4 Å². The molecule has 4 bridgehead atoms. The SMILES string of the molecule is CCC(CC)C(=O)/C=C(\O)C(CC)CC.Cc1[c-]c(-c2ccc3c(C4C5CC6CC(C5)CC4C6)cccc3n2)cc(C)c1.[Ir]. The van der Waals surface area contributed by atoms with Crippen molar-refractivity contribution in [1.82, 2.24) is 4.98 Å². The number of benzene rings is 2. The van der Waals surface area contributed by atoms with Crippen molar-refractivity contribution in [3.63, 3.8) is 0 Å². The number of aliphatic hydroxyl groups is 1. The number of hydrogen-bond acceptors (Lipinski definition) is 3. The zero-order chi connectivity index (χ0) is 30.7. The topological polar surface area (TPSA) is 50.2 Å². The number of fused-ring (bicyclic) bond motifs is 1. The summed E-state index contributed by atoms with van der Waals surface area (Å²) in [5, 5.41) is 11.1. The van der Waals surface area contributed by atoms with Gasteiger partial charge in [-0.2, -0.15) is 0 Å². The molecular weight excluding hydrogens is 719 g/mol. The van der Waals surface area contributed by atoms with Crippen molar-refractivity contribution in [3.05, 3.63) is 77.1 Å². The van der Waals surface area contributed by atoms with Gasteiger partial charge in [-0.3, -0.25) is 9.78 Å². The number of hydrogen-bond donors (Lipinski definition) is 1. The number of aryl methyl sites for hydroxylation is 2. The van der Waals surface area contributed by atoms with E-state index < -0.39 is 0 Å². The molecule has 0 saturated heterocycles. The number of carbonyl (C=O) groups excluding carboxylic acids is 1. The molecule has 3 nitrogen and oxygen atoms in total. The number of pyridine rings is 1. The maximum absolute atomic E-state index is 11.7. The van der Waals surface area contributed by atoms with Crippen LogP contribution in [0.5, 0.6) is 0 Å². The largest absolute Gasteiger partial charge is 0.512 e. The third kappa shape index (κ3) is 7.56. The fraction of sp³-hybridized carbons (Fsp3) is 0.550. The zero-order valence-electron chi connectivity index (χ0n) is 27.7. The first-order chi connectivity index (χ1) is 20.7. The van der Waals surface area contributed by atoms with Gasteiger partial charge in [0.1, 0.15) is 0 Å². The summed E-state index contributed by atoms with van der Waals surface area (Å²) in [6, 6.07) is 19.2. The van der Waals surface area contributed by atoms with Crippen LogP contribution < -0.4 is 0 Å². The summed E-state index contributed by atoms with van der Waals surface area (Å²) in [5.41, 5.74) is 7.34. The maximum atomic E-state index is 11.7. The van der Waals surface area contributed by atoms with E-state index in [1.54, 1.807) is 5.56 Å². The normalized spacial score (nSPS) is 23.9. The van der Waals surface area contributed by atoms with Crippen LogP contribution in [0.4, 0.5) is 0 Å².